The number of rotatable bonds is 3. The summed E-state index contributed by atoms with van der Waals surface area (Å²) in [7, 11) is 0. The van der Waals surface area contributed by atoms with E-state index < -0.39 is 0 Å². The van der Waals surface area contributed by atoms with Crippen LogP contribution in [0.4, 0.5) is 0 Å². The molecule has 1 fully saturated rings. The molecule has 0 radical (unpaired) electrons. The lowest BCUT2D eigenvalue weighted by atomic mass is 9.97. The molecule has 0 amide bonds. The van der Waals surface area contributed by atoms with Crippen molar-refractivity contribution in [1.29, 1.82) is 0 Å². The minimum Gasteiger partial charge on any atom is -0.395 e. The minimum atomic E-state index is 0.279. The van der Waals surface area contributed by atoms with Crippen LogP contribution in [0.25, 0.3) is 0 Å². The van der Waals surface area contributed by atoms with E-state index in [1.165, 1.54) is 17.8 Å². The van der Waals surface area contributed by atoms with Gasteiger partial charge in [0.25, 0.3) is 0 Å². The van der Waals surface area contributed by atoms with Crippen molar-refractivity contribution >= 4 is 11.3 Å². The Bertz CT molecular complexity index is 305. The first-order valence-corrected chi connectivity index (χ1v) is 6.43. The van der Waals surface area contributed by atoms with Gasteiger partial charge in [-0.1, -0.05) is 0 Å². The fraction of sp³-hybridized carbons (Fsp3) is 0.727. The molecule has 1 saturated heterocycles. The Kier molecular flexibility index (Phi) is 3.72. The summed E-state index contributed by atoms with van der Waals surface area (Å²) in [6, 6.07) is 0. The maximum Gasteiger partial charge on any atom is 0.0960 e. The van der Waals surface area contributed by atoms with E-state index in [4.69, 9.17) is 5.11 Å². The first-order valence-electron chi connectivity index (χ1n) is 5.55. The molecule has 84 valence electrons. The minimum absolute atomic E-state index is 0.279. The van der Waals surface area contributed by atoms with E-state index in [2.05, 4.69) is 22.2 Å². The average molecular weight is 226 g/mol. The Morgan fingerprint density at radius 3 is 2.80 bits per heavy atom. The van der Waals surface area contributed by atoms with Gasteiger partial charge in [-0.2, -0.15) is 0 Å². The smallest absolute Gasteiger partial charge is 0.0960 e. The quantitative estimate of drug-likeness (QED) is 0.851. The van der Waals surface area contributed by atoms with E-state index >= 15 is 0 Å². The van der Waals surface area contributed by atoms with Gasteiger partial charge in [-0.25, -0.2) is 4.98 Å². The SMILES string of the molecule is Cc1csc(C2CCN(CCO)CC2)n1. The van der Waals surface area contributed by atoms with Crippen LogP contribution in [0.1, 0.15) is 29.5 Å². The van der Waals surface area contributed by atoms with Crippen LogP contribution in [0.3, 0.4) is 0 Å². The predicted octanol–water partition coefficient (Wildman–Crippen LogP) is 1.62. The molecule has 2 rings (SSSR count). The second-order valence-corrected chi connectivity index (χ2v) is 5.06. The van der Waals surface area contributed by atoms with Crippen LogP contribution in [0.2, 0.25) is 0 Å². The number of aliphatic hydroxyl groups excluding tert-OH is 1. The second-order valence-electron chi connectivity index (χ2n) is 4.17. The number of aromatic nitrogens is 1. The van der Waals surface area contributed by atoms with E-state index in [1.807, 2.05) is 0 Å². The molecule has 0 spiro atoms. The summed E-state index contributed by atoms with van der Waals surface area (Å²) in [5, 5.41) is 12.3. The third-order valence-corrected chi connectivity index (χ3v) is 4.11. The molecule has 0 unspecified atom stereocenters. The number of hydrogen-bond donors (Lipinski definition) is 1. The molecule has 0 saturated carbocycles. The Labute approximate surface area is 94.8 Å². The Hall–Kier alpha value is -0.450. The van der Waals surface area contributed by atoms with Crippen molar-refractivity contribution in [3.05, 3.63) is 16.1 Å². The lowest BCUT2D eigenvalue weighted by molar-refractivity contribution is 0.164. The molecule has 1 aromatic rings. The second kappa shape index (κ2) is 5.05. The number of aliphatic hydroxyl groups is 1. The summed E-state index contributed by atoms with van der Waals surface area (Å²) < 4.78 is 0. The molecule has 1 aliphatic rings. The van der Waals surface area contributed by atoms with Crippen LogP contribution < -0.4 is 0 Å². The van der Waals surface area contributed by atoms with Crippen LogP contribution in [0.5, 0.6) is 0 Å². The predicted molar refractivity (Wildman–Crippen MR) is 62.4 cm³/mol. The fourth-order valence-electron chi connectivity index (χ4n) is 2.10. The van der Waals surface area contributed by atoms with Crippen molar-refractivity contribution in [2.24, 2.45) is 0 Å². The fourth-order valence-corrected chi connectivity index (χ4v) is 3.07. The van der Waals surface area contributed by atoms with Crippen molar-refractivity contribution in [3.63, 3.8) is 0 Å². The zero-order valence-corrected chi connectivity index (χ0v) is 9.96. The molecule has 3 nitrogen and oxygen atoms in total. The summed E-state index contributed by atoms with van der Waals surface area (Å²) >= 11 is 1.79. The number of aryl methyl sites for hydroxylation is 1. The highest BCUT2D eigenvalue weighted by molar-refractivity contribution is 7.09. The third kappa shape index (κ3) is 2.77. The van der Waals surface area contributed by atoms with Crippen LogP contribution in [0, 0.1) is 6.92 Å². The van der Waals surface area contributed by atoms with Gasteiger partial charge in [0.1, 0.15) is 0 Å². The van der Waals surface area contributed by atoms with Crippen LogP contribution in [-0.4, -0.2) is 41.2 Å². The van der Waals surface area contributed by atoms with Crippen molar-refractivity contribution in [3.8, 4) is 0 Å². The molecule has 15 heavy (non-hydrogen) atoms. The van der Waals surface area contributed by atoms with Crippen molar-refractivity contribution in [1.82, 2.24) is 9.88 Å². The topological polar surface area (TPSA) is 36.4 Å². The van der Waals surface area contributed by atoms with Gasteiger partial charge in [0.15, 0.2) is 0 Å². The number of piperidine rings is 1. The number of β-amino-alcohol motifs (C(OH)–C–C–N with tert-alkyl or cyclic N) is 1. The summed E-state index contributed by atoms with van der Waals surface area (Å²) in [5.74, 6) is 0.652. The molecule has 4 heteroatoms. The Balaban J connectivity index is 1.88. The van der Waals surface area contributed by atoms with Gasteiger partial charge in [-0.05, 0) is 32.9 Å². The highest BCUT2D eigenvalue weighted by Crippen LogP contribution is 2.29. The van der Waals surface area contributed by atoms with E-state index in [1.54, 1.807) is 11.3 Å². The number of likely N-dealkylation sites (tertiary alicyclic amines) is 1. The largest absolute Gasteiger partial charge is 0.395 e. The summed E-state index contributed by atoms with van der Waals surface area (Å²) in [5.41, 5.74) is 1.15. The van der Waals surface area contributed by atoms with Crippen LogP contribution in [0.15, 0.2) is 5.38 Å². The molecule has 0 atom stereocenters. The molecule has 2 heterocycles. The highest BCUT2D eigenvalue weighted by atomic mass is 32.1. The van der Waals surface area contributed by atoms with Crippen LogP contribution in [-0.2, 0) is 0 Å². The molecular formula is C11H18N2OS. The summed E-state index contributed by atoms with van der Waals surface area (Å²) in [6.45, 7) is 5.36. The van der Waals surface area contributed by atoms with Gasteiger partial charge in [0.2, 0.25) is 0 Å². The zero-order chi connectivity index (χ0) is 10.7. The number of thiazole rings is 1. The lowest BCUT2D eigenvalue weighted by Crippen LogP contribution is -2.34. The van der Waals surface area contributed by atoms with E-state index in [0.29, 0.717) is 5.92 Å². The third-order valence-electron chi connectivity index (χ3n) is 2.99. The first-order chi connectivity index (χ1) is 7.29. The number of nitrogens with zero attached hydrogens (tertiary/aromatic N) is 2. The highest BCUT2D eigenvalue weighted by Gasteiger charge is 2.21. The van der Waals surface area contributed by atoms with Crippen LogP contribution >= 0.6 is 11.3 Å². The van der Waals surface area contributed by atoms with Gasteiger partial charge in [-0.3, -0.25) is 0 Å². The monoisotopic (exact) mass is 226 g/mol. The van der Waals surface area contributed by atoms with Gasteiger partial charge in [0.05, 0.1) is 11.6 Å². The summed E-state index contributed by atoms with van der Waals surface area (Å²) in [6.07, 6.45) is 2.37. The van der Waals surface area contributed by atoms with Gasteiger partial charge in [0, 0.05) is 23.5 Å². The number of hydrogen-bond acceptors (Lipinski definition) is 4. The molecule has 0 aliphatic carbocycles. The first kappa shape index (κ1) is 11.0. The van der Waals surface area contributed by atoms with E-state index in [-0.39, 0.29) is 6.61 Å². The van der Waals surface area contributed by atoms with E-state index in [9.17, 15) is 0 Å². The van der Waals surface area contributed by atoms with Gasteiger partial charge in [-0.15, -0.1) is 11.3 Å². The lowest BCUT2D eigenvalue weighted by Gasteiger charge is -2.30. The zero-order valence-electron chi connectivity index (χ0n) is 9.15. The van der Waals surface area contributed by atoms with Gasteiger partial charge < -0.3 is 10.0 Å². The average Bonchev–Trinajstić information content (AvgIpc) is 2.67. The molecule has 1 N–H and O–H groups in total. The van der Waals surface area contributed by atoms with Crippen molar-refractivity contribution in [2.75, 3.05) is 26.2 Å². The van der Waals surface area contributed by atoms with E-state index in [0.717, 1.165) is 25.3 Å². The molecule has 0 bridgehead atoms. The Morgan fingerprint density at radius 2 is 2.27 bits per heavy atom. The summed E-state index contributed by atoms with van der Waals surface area (Å²) in [4.78, 5) is 6.89. The maximum atomic E-state index is 8.85. The normalized spacial score (nSPS) is 19.6. The molecule has 0 aromatic carbocycles. The Morgan fingerprint density at radius 1 is 1.53 bits per heavy atom. The molecule has 1 aromatic heterocycles. The van der Waals surface area contributed by atoms with Crippen molar-refractivity contribution < 1.29 is 5.11 Å². The standard InChI is InChI=1S/C11H18N2OS/c1-9-8-15-11(12-9)10-2-4-13(5-3-10)6-7-14/h8,10,14H,2-7H2,1H3. The van der Waals surface area contributed by atoms with Crippen molar-refractivity contribution in [2.45, 2.75) is 25.7 Å². The van der Waals surface area contributed by atoms with Gasteiger partial charge >= 0.3 is 0 Å². The molecular weight excluding hydrogens is 208 g/mol. The molecule has 1 aliphatic heterocycles. The maximum absolute atomic E-state index is 8.85.